The number of benzene rings is 2. The third-order valence-electron chi connectivity index (χ3n) is 4.94. The fourth-order valence-electron chi connectivity index (χ4n) is 2.89. The summed E-state index contributed by atoms with van der Waals surface area (Å²) in [6.07, 6.45) is 0. The molecule has 1 N–H and O–H groups in total. The minimum Gasteiger partial charge on any atom is -0.456 e. The molecule has 1 atom stereocenters. The van der Waals surface area contributed by atoms with Gasteiger partial charge >= 0.3 is 5.97 Å². The van der Waals surface area contributed by atoms with Gasteiger partial charge in [-0.1, -0.05) is 76.6 Å². The molecule has 160 valence electrons. The summed E-state index contributed by atoms with van der Waals surface area (Å²) in [5.41, 5.74) is 3.10. The molecule has 30 heavy (non-hydrogen) atoms. The first-order chi connectivity index (χ1) is 14.0. The zero-order valence-corrected chi connectivity index (χ0v) is 18.6. The molecule has 0 unspecified atom stereocenters. The average molecular weight is 410 g/mol. The van der Waals surface area contributed by atoms with Gasteiger partial charge < -0.3 is 10.1 Å². The van der Waals surface area contributed by atoms with Crippen molar-refractivity contribution in [3.05, 3.63) is 70.8 Å². The van der Waals surface area contributed by atoms with Crippen molar-refractivity contribution in [3.63, 3.8) is 0 Å². The maximum atomic E-state index is 12.6. The standard InChI is InChI=1S/C25H31NO4/c1-16(2)22(24(29)30-15-21(27)18-9-7-17(3)8-10-18)26-23(28)19-11-13-20(14-12-19)25(4,5)6/h7-14,16,22H,15H2,1-6H3,(H,26,28)/t22-/m0/s1. The van der Waals surface area contributed by atoms with E-state index < -0.39 is 12.0 Å². The second-order valence-electron chi connectivity index (χ2n) is 8.92. The number of nitrogens with one attached hydrogen (secondary N) is 1. The van der Waals surface area contributed by atoms with Crippen LogP contribution in [0.2, 0.25) is 0 Å². The zero-order valence-electron chi connectivity index (χ0n) is 18.6. The highest BCUT2D eigenvalue weighted by Crippen LogP contribution is 2.22. The van der Waals surface area contributed by atoms with Crippen molar-refractivity contribution in [2.24, 2.45) is 5.92 Å². The van der Waals surface area contributed by atoms with E-state index in [0.29, 0.717) is 11.1 Å². The Morgan fingerprint density at radius 3 is 1.93 bits per heavy atom. The van der Waals surface area contributed by atoms with Crippen LogP contribution in [-0.4, -0.2) is 30.3 Å². The summed E-state index contributed by atoms with van der Waals surface area (Å²) in [7, 11) is 0. The van der Waals surface area contributed by atoms with Crippen molar-refractivity contribution in [3.8, 4) is 0 Å². The van der Waals surface area contributed by atoms with Gasteiger partial charge in [-0.2, -0.15) is 0 Å². The van der Waals surface area contributed by atoms with Crippen LogP contribution >= 0.6 is 0 Å². The maximum absolute atomic E-state index is 12.6. The Kier molecular flexibility index (Phi) is 7.54. The third kappa shape index (κ3) is 6.28. The molecule has 0 heterocycles. The van der Waals surface area contributed by atoms with Crippen molar-refractivity contribution in [2.75, 3.05) is 6.61 Å². The number of esters is 1. The maximum Gasteiger partial charge on any atom is 0.329 e. The minimum atomic E-state index is -0.842. The molecule has 0 aliphatic heterocycles. The van der Waals surface area contributed by atoms with E-state index in [-0.39, 0.29) is 29.6 Å². The summed E-state index contributed by atoms with van der Waals surface area (Å²) < 4.78 is 5.21. The lowest BCUT2D eigenvalue weighted by Crippen LogP contribution is -2.45. The first-order valence-corrected chi connectivity index (χ1v) is 10.2. The topological polar surface area (TPSA) is 72.5 Å². The monoisotopic (exact) mass is 409 g/mol. The molecule has 0 spiro atoms. The second kappa shape index (κ2) is 9.70. The Morgan fingerprint density at radius 2 is 1.43 bits per heavy atom. The molecular weight excluding hydrogens is 378 g/mol. The fourth-order valence-corrected chi connectivity index (χ4v) is 2.89. The van der Waals surface area contributed by atoms with E-state index in [9.17, 15) is 14.4 Å². The molecule has 0 aliphatic rings. The van der Waals surface area contributed by atoms with Crippen LogP contribution in [0, 0.1) is 12.8 Å². The lowest BCUT2D eigenvalue weighted by molar-refractivity contribution is -0.145. The number of rotatable bonds is 7. The fraction of sp³-hybridized carbons (Fsp3) is 0.400. The average Bonchev–Trinajstić information content (AvgIpc) is 2.69. The van der Waals surface area contributed by atoms with Crippen LogP contribution < -0.4 is 5.32 Å². The summed E-state index contributed by atoms with van der Waals surface area (Å²) in [5, 5.41) is 2.74. The Balaban J connectivity index is 2.00. The van der Waals surface area contributed by atoms with Gasteiger partial charge in [0, 0.05) is 11.1 Å². The van der Waals surface area contributed by atoms with Gasteiger partial charge in [0.25, 0.3) is 5.91 Å². The predicted octanol–water partition coefficient (Wildman–Crippen LogP) is 4.47. The molecule has 5 nitrogen and oxygen atoms in total. The van der Waals surface area contributed by atoms with Gasteiger partial charge in [0.1, 0.15) is 6.04 Å². The number of carbonyl (C=O) groups excluding carboxylic acids is 3. The van der Waals surface area contributed by atoms with Gasteiger partial charge in [0.05, 0.1) is 0 Å². The molecule has 0 saturated carbocycles. The van der Waals surface area contributed by atoms with E-state index in [1.807, 2.05) is 45.0 Å². The van der Waals surface area contributed by atoms with Gasteiger partial charge in [-0.15, -0.1) is 0 Å². The number of aryl methyl sites for hydroxylation is 1. The molecule has 0 aliphatic carbocycles. The number of amides is 1. The highest BCUT2D eigenvalue weighted by atomic mass is 16.5. The number of hydrogen-bond donors (Lipinski definition) is 1. The SMILES string of the molecule is Cc1ccc(C(=O)COC(=O)[C@@H](NC(=O)c2ccc(C(C)(C)C)cc2)C(C)C)cc1. The largest absolute Gasteiger partial charge is 0.456 e. The van der Waals surface area contributed by atoms with Gasteiger partial charge in [-0.3, -0.25) is 9.59 Å². The Hall–Kier alpha value is -2.95. The minimum absolute atomic E-state index is 0.0106. The van der Waals surface area contributed by atoms with Crippen LogP contribution in [0.5, 0.6) is 0 Å². The van der Waals surface area contributed by atoms with E-state index in [2.05, 4.69) is 26.1 Å². The summed E-state index contributed by atoms with van der Waals surface area (Å²) in [6, 6.07) is 13.6. The first-order valence-electron chi connectivity index (χ1n) is 10.2. The molecule has 0 bridgehead atoms. The van der Waals surface area contributed by atoms with Crippen LogP contribution in [0.3, 0.4) is 0 Å². The summed E-state index contributed by atoms with van der Waals surface area (Å²) in [4.78, 5) is 37.4. The molecule has 0 radical (unpaired) electrons. The van der Waals surface area contributed by atoms with Gasteiger partial charge in [0.2, 0.25) is 0 Å². The van der Waals surface area contributed by atoms with E-state index in [1.165, 1.54) is 0 Å². The van der Waals surface area contributed by atoms with Crippen molar-refractivity contribution >= 4 is 17.7 Å². The van der Waals surface area contributed by atoms with Crippen LogP contribution in [0.1, 0.15) is 66.5 Å². The highest BCUT2D eigenvalue weighted by molar-refractivity contribution is 5.99. The predicted molar refractivity (Wildman–Crippen MR) is 118 cm³/mol. The zero-order chi connectivity index (χ0) is 22.5. The molecule has 0 fully saturated rings. The Morgan fingerprint density at radius 1 is 0.900 bits per heavy atom. The molecule has 0 aromatic heterocycles. The summed E-state index contributed by atoms with van der Waals surface area (Å²) in [6.45, 7) is 11.5. The lowest BCUT2D eigenvalue weighted by Gasteiger charge is -2.22. The van der Waals surface area contributed by atoms with E-state index in [4.69, 9.17) is 4.74 Å². The quantitative estimate of drug-likeness (QED) is 0.541. The number of ether oxygens (including phenoxy) is 1. The highest BCUT2D eigenvalue weighted by Gasteiger charge is 2.27. The molecular formula is C25H31NO4. The van der Waals surface area contributed by atoms with E-state index in [1.54, 1.807) is 24.3 Å². The number of carbonyl (C=O) groups is 3. The van der Waals surface area contributed by atoms with Gasteiger partial charge in [0.15, 0.2) is 12.4 Å². The van der Waals surface area contributed by atoms with Crippen LogP contribution in [0.25, 0.3) is 0 Å². The normalized spacial score (nSPS) is 12.4. The number of Topliss-reactive ketones (excluding diaryl/α,β-unsaturated/α-hetero) is 1. The smallest absolute Gasteiger partial charge is 0.329 e. The molecule has 2 aromatic carbocycles. The molecule has 1 amide bonds. The van der Waals surface area contributed by atoms with Crippen LogP contribution in [-0.2, 0) is 14.9 Å². The molecule has 2 rings (SSSR count). The number of ketones is 1. The van der Waals surface area contributed by atoms with Gasteiger partial charge in [-0.05, 0) is 36.0 Å². The molecule has 5 heteroatoms. The van der Waals surface area contributed by atoms with Crippen LogP contribution in [0.15, 0.2) is 48.5 Å². The van der Waals surface area contributed by atoms with Crippen LogP contribution in [0.4, 0.5) is 0 Å². The molecule has 2 aromatic rings. The first kappa shape index (κ1) is 23.3. The van der Waals surface area contributed by atoms with Crippen molar-refractivity contribution in [1.82, 2.24) is 5.32 Å². The Labute approximate surface area is 178 Å². The second-order valence-corrected chi connectivity index (χ2v) is 8.92. The summed E-state index contributed by atoms with van der Waals surface area (Å²) >= 11 is 0. The third-order valence-corrected chi connectivity index (χ3v) is 4.94. The van der Waals surface area contributed by atoms with Crippen molar-refractivity contribution in [2.45, 2.75) is 53.0 Å². The summed E-state index contributed by atoms with van der Waals surface area (Å²) in [5.74, 6) is -1.44. The van der Waals surface area contributed by atoms with Gasteiger partial charge in [-0.25, -0.2) is 4.79 Å². The van der Waals surface area contributed by atoms with E-state index in [0.717, 1.165) is 11.1 Å². The number of hydrogen-bond acceptors (Lipinski definition) is 4. The Bertz CT molecular complexity index is 890. The molecule has 0 saturated heterocycles. The van der Waals surface area contributed by atoms with Crippen molar-refractivity contribution in [1.29, 1.82) is 0 Å². The van der Waals surface area contributed by atoms with E-state index >= 15 is 0 Å². The lowest BCUT2D eigenvalue weighted by atomic mass is 9.86. The van der Waals surface area contributed by atoms with Crippen molar-refractivity contribution < 1.29 is 19.1 Å².